The largest absolute Gasteiger partial charge is 0.327 e. The first-order chi connectivity index (χ1) is 4.33. The van der Waals surface area contributed by atoms with Crippen molar-refractivity contribution in [1.29, 1.82) is 0 Å². The van der Waals surface area contributed by atoms with Crippen LogP contribution in [0.3, 0.4) is 0 Å². The summed E-state index contributed by atoms with van der Waals surface area (Å²) in [6.45, 7) is 0. The van der Waals surface area contributed by atoms with E-state index < -0.39 is 0 Å². The molecule has 0 bridgehead atoms. The Balaban J connectivity index is 1.97. The standard InChI is InChI=1S/C7H13NS/c8-6-5-7(6)1-3-9-4-2-7/h6H,1-5,8H2. The minimum Gasteiger partial charge on any atom is -0.327 e. The van der Waals surface area contributed by atoms with Crippen LogP contribution in [0.2, 0.25) is 0 Å². The van der Waals surface area contributed by atoms with E-state index in [1.165, 1.54) is 30.8 Å². The molecule has 0 aromatic carbocycles. The van der Waals surface area contributed by atoms with Gasteiger partial charge in [-0.2, -0.15) is 11.8 Å². The van der Waals surface area contributed by atoms with Gasteiger partial charge in [0.05, 0.1) is 0 Å². The molecule has 2 fully saturated rings. The molecule has 1 saturated carbocycles. The summed E-state index contributed by atoms with van der Waals surface area (Å²) in [6, 6.07) is 0.568. The summed E-state index contributed by atoms with van der Waals surface area (Å²) in [7, 11) is 0. The van der Waals surface area contributed by atoms with Crippen molar-refractivity contribution in [3.05, 3.63) is 0 Å². The molecule has 0 aromatic rings. The maximum Gasteiger partial charge on any atom is 0.0103 e. The molecule has 1 aliphatic carbocycles. The summed E-state index contributed by atoms with van der Waals surface area (Å²) in [5, 5.41) is 0. The van der Waals surface area contributed by atoms with Crippen molar-refractivity contribution in [2.24, 2.45) is 11.1 Å². The molecule has 1 unspecified atom stereocenters. The summed E-state index contributed by atoms with van der Waals surface area (Å²) in [5.41, 5.74) is 6.47. The number of hydrogen-bond donors (Lipinski definition) is 1. The van der Waals surface area contributed by atoms with Crippen molar-refractivity contribution >= 4 is 11.8 Å². The van der Waals surface area contributed by atoms with Gasteiger partial charge in [-0.25, -0.2) is 0 Å². The average Bonchev–Trinajstić information content (AvgIpc) is 2.44. The highest BCUT2D eigenvalue weighted by atomic mass is 32.2. The van der Waals surface area contributed by atoms with Gasteiger partial charge in [0.2, 0.25) is 0 Å². The summed E-state index contributed by atoms with van der Waals surface area (Å²) in [5.74, 6) is 2.71. The van der Waals surface area contributed by atoms with E-state index in [2.05, 4.69) is 11.8 Å². The Bertz CT molecular complexity index is 118. The van der Waals surface area contributed by atoms with Gasteiger partial charge in [0.25, 0.3) is 0 Å². The van der Waals surface area contributed by atoms with Gasteiger partial charge in [-0.05, 0) is 36.2 Å². The second kappa shape index (κ2) is 1.89. The van der Waals surface area contributed by atoms with Gasteiger partial charge in [-0.1, -0.05) is 0 Å². The first-order valence-electron chi connectivity index (χ1n) is 3.67. The van der Waals surface area contributed by atoms with E-state index >= 15 is 0 Å². The molecule has 9 heavy (non-hydrogen) atoms. The summed E-state index contributed by atoms with van der Waals surface area (Å²) >= 11 is 2.08. The van der Waals surface area contributed by atoms with Gasteiger partial charge in [0.15, 0.2) is 0 Å². The van der Waals surface area contributed by atoms with Gasteiger partial charge >= 0.3 is 0 Å². The molecule has 1 heterocycles. The van der Waals surface area contributed by atoms with Crippen LogP contribution in [0.1, 0.15) is 19.3 Å². The van der Waals surface area contributed by atoms with Crippen LogP contribution in [0.15, 0.2) is 0 Å². The Morgan fingerprint density at radius 3 is 2.22 bits per heavy atom. The zero-order chi connectivity index (χ0) is 6.32. The fraction of sp³-hybridized carbons (Fsp3) is 1.00. The average molecular weight is 143 g/mol. The molecular weight excluding hydrogens is 130 g/mol. The number of rotatable bonds is 0. The Hall–Kier alpha value is 0.310. The smallest absolute Gasteiger partial charge is 0.0103 e. The van der Waals surface area contributed by atoms with Crippen molar-refractivity contribution in [3.8, 4) is 0 Å². The van der Waals surface area contributed by atoms with Crippen LogP contribution in [0.5, 0.6) is 0 Å². The maximum absolute atomic E-state index is 5.82. The van der Waals surface area contributed by atoms with Gasteiger partial charge in [-0.3, -0.25) is 0 Å². The van der Waals surface area contributed by atoms with Crippen molar-refractivity contribution in [1.82, 2.24) is 0 Å². The van der Waals surface area contributed by atoms with Crippen molar-refractivity contribution in [2.45, 2.75) is 25.3 Å². The molecule has 1 aliphatic heterocycles. The van der Waals surface area contributed by atoms with Crippen molar-refractivity contribution < 1.29 is 0 Å². The molecule has 0 aromatic heterocycles. The van der Waals surface area contributed by atoms with E-state index in [1.807, 2.05) is 0 Å². The Labute approximate surface area is 60.4 Å². The first-order valence-corrected chi connectivity index (χ1v) is 4.82. The van der Waals surface area contributed by atoms with E-state index in [0.717, 1.165) is 0 Å². The van der Waals surface area contributed by atoms with E-state index in [4.69, 9.17) is 5.73 Å². The van der Waals surface area contributed by atoms with Gasteiger partial charge < -0.3 is 5.73 Å². The quantitative estimate of drug-likeness (QED) is 0.552. The van der Waals surface area contributed by atoms with Crippen LogP contribution in [-0.2, 0) is 0 Å². The lowest BCUT2D eigenvalue weighted by Gasteiger charge is -2.20. The molecule has 2 N–H and O–H groups in total. The number of nitrogens with two attached hydrogens (primary N) is 1. The number of hydrogen-bond acceptors (Lipinski definition) is 2. The third kappa shape index (κ3) is 0.887. The molecule has 52 valence electrons. The van der Waals surface area contributed by atoms with Gasteiger partial charge in [-0.15, -0.1) is 0 Å². The monoisotopic (exact) mass is 143 g/mol. The Morgan fingerprint density at radius 2 is 1.89 bits per heavy atom. The van der Waals surface area contributed by atoms with Crippen LogP contribution in [0.25, 0.3) is 0 Å². The molecule has 2 aliphatic rings. The molecule has 0 radical (unpaired) electrons. The van der Waals surface area contributed by atoms with Crippen LogP contribution in [0.4, 0.5) is 0 Å². The summed E-state index contributed by atoms with van der Waals surface area (Å²) in [4.78, 5) is 0. The molecule has 0 amide bonds. The second-order valence-corrected chi connectivity index (χ2v) is 4.51. The normalized spacial score (nSPS) is 39.0. The summed E-state index contributed by atoms with van der Waals surface area (Å²) < 4.78 is 0. The van der Waals surface area contributed by atoms with Crippen LogP contribution >= 0.6 is 11.8 Å². The van der Waals surface area contributed by atoms with Crippen LogP contribution in [0, 0.1) is 5.41 Å². The topological polar surface area (TPSA) is 26.0 Å². The van der Waals surface area contributed by atoms with E-state index in [1.54, 1.807) is 0 Å². The molecule has 1 atom stereocenters. The summed E-state index contributed by atoms with van der Waals surface area (Å²) in [6.07, 6.45) is 4.09. The number of thioether (sulfide) groups is 1. The predicted molar refractivity (Wildman–Crippen MR) is 41.6 cm³/mol. The van der Waals surface area contributed by atoms with Crippen molar-refractivity contribution in [2.75, 3.05) is 11.5 Å². The highest BCUT2D eigenvalue weighted by Crippen LogP contribution is 2.53. The minimum absolute atomic E-state index is 0.568. The zero-order valence-corrected chi connectivity index (χ0v) is 6.41. The lowest BCUT2D eigenvalue weighted by molar-refractivity contribution is 0.451. The van der Waals surface area contributed by atoms with Gasteiger partial charge in [0, 0.05) is 6.04 Å². The molecule has 1 nitrogen and oxygen atoms in total. The highest BCUT2D eigenvalue weighted by molar-refractivity contribution is 7.99. The lowest BCUT2D eigenvalue weighted by atomic mass is 9.99. The third-order valence-electron chi connectivity index (χ3n) is 2.74. The van der Waals surface area contributed by atoms with E-state index in [0.29, 0.717) is 11.5 Å². The highest BCUT2D eigenvalue weighted by Gasteiger charge is 2.51. The van der Waals surface area contributed by atoms with E-state index in [9.17, 15) is 0 Å². The molecule has 2 rings (SSSR count). The zero-order valence-electron chi connectivity index (χ0n) is 5.60. The van der Waals surface area contributed by atoms with Crippen LogP contribution in [-0.4, -0.2) is 17.5 Å². The third-order valence-corrected chi connectivity index (χ3v) is 3.73. The first kappa shape index (κ1) is 6.05. The molecule has 1 saturated heterocycles. The Morgan fingerprint density at radius 1 is 1.33 bits per heavy atom. The van der Waals surface area contributed by atoms with Crippen molar-refractivity contribution in [3.63, 3.8) is 0 Å². The predicted octanol–water partition coefficient (Wildman–Crippen LogP) is 1.23. The molecular formula is C7H13NS. The fourth-order valence-electron chi connectivity index (χ4n) is 1.73. The lowest BCUT2D eigenvalue weighted by Crippen LogP contribution is -2.19. The SMILES string of the molecule is NC1CC12CCSCC2. The molecule has 2 heteroatoms. The van der Waals surface area contributed by atoms with Crippen LogP contribution < -0.4 is 5.73 Å². The second-order valence-electron chi connectivity index (χ2n) is 3.29. The van der Waals surface area contributed by atoms with Gasteiger partial charge in [0.1, 0.15) is 0 Å². The maximum atomic E-state index is 5.82. The molecule has 1 spiro atoms. The van der Waals surface area contributed by atoms with E-state index in [-0.39, 0.29) is 0 Å². The minimum atomic E-state index is 0.568. The Kier molecular flexibility index (Phi) is 1.27. The fourth-order valence-corrected chi connectivity index (χ4v) is 3.04.